The molecule has 4 aromatic carbocycles. The Morgan fingerprint density at radius 2 is 0.851 bits per heavy atom. The number of nitrogens with zero attached hydrogens (tertiary/aromatic N) is 6. The van der Waals surface area contributed by atoms with E-state index >= 15 is 0 Å². The molecule has 0 bridgehead atoms. The first-order valence-corrected chi connectivity index (χ1v) is 24.7. The molecular weight excluding hydrogens is 967 g/mol. The third-order valence-electron chi connectivity index (χ3n) is 13.1. The third kappa shape index (κ3) is 12.9. The summed E-state index contributed by atoms with van der Waals surface area (Å²) in [6, 6.07) is 22.6. The van der Waals surface area contributed by atoms with Gasteiger partial charge >= 0.3 is 36.4 Å². The number of carbonyl (C=O) groups is 4. The van der Waals surface area contributed by atoms with Crippen molar-refractivity contribution in [3.8, 4) is 12.1 Å². The molecule has 0 radical (unpaired) electrons. The molecule has 2 atom stereocenters. The van der Waals surface area contributed by atoms with Gasteiger partial charge in [-0.3, -0.25) is 9.80 Å². The predicted octanol–water partition coefficient (Wildman–Crippen LogP) is 13.7. The van der Waals surface area contributed by atoms with Crippen LogP contribution in [0.5, 0.6) is 0 Å². The Morgan fingerprint density at radius 1 is 0.527 bits per heavy atom. The number of carbonyl (C=O) groups excluding carboxylic acids is 4. The van der Waals surface area contributed by atoms with Gasteiger partial charge in [0.1, 0.15) is 0 Å². The summed E-state index contributed by atoms with van der Waals surface area (Å²) in [6.07, 6.45) is -1.76. The van der Waals surface area contributed by atoms with Crippen molar-refractivity contribution in [1.29, 1.82) is 10.5 Å². The fourth-order valence-electron chi connectivity index (χ4n) is 9.50. The van der Waals surface area contributed by atoms with Gasteiger partial charge in [0.2, 0.25) is 0 Å². The van der Waals surface area contributed by atoms with E-state index in [0.29, 0.717) is 47.9 Å². The zero-order chi connectivity index (χ0) is 53.7. The molecule has 0 aliphatic carbocycles. The smallest absolute Gasteiger partial charge is 0.416 e. The molecule has 2 aliphatic rings. The lowest BCUT2D eigenvalue weighted by molar-refractivity contribution is -0.140. The standard InChI is InChI=1S/C56H58F6N6O6/c1-5-73-51(69)47-37(3)67(45-21-17-19-43(33-45)55(57,58)59)53(71)65(49(47)41-27-23-39(35-63)24-28-41)31-15-13-11-9-7-8-10-12-14-16-32-66-50(42-29-25-40(36-64)26-30-42)48(52(70)74-6-2)38(4)68(54(66)72)46-22-18-20-44(34-46)56(60,61)62/h17-30,33-34,49-50H,5-16,31-32H2,1-4H3. The van der Waals surface area contributed by atoms with Crippen LogP contribution in [0.15, 0.2) is 120 Å². The number of anilines is 2. The van der Waals surface area contributed by atoms with Crippen LogP contribution in [0.4, 0.5) is 47.3 Å². The van der Waals surface area contributed by atoms with Crippen LogP contribution in [0.25, 0.3) is 0 Å². The van der Waals surface area contributed by atoms with Crippen LogP contribution in [-0.4, -0.2) is 60.1 Å². The first-order valence-electron chi connectivity index (χ1n) is 24.7. The summed E-state index contributed by atoms with van der Waals surface area (Å²) in [7, 11) is 0. The maximum absolute atomic E-state index is 14.5. The Bertz CT molecular complexity index is 2620. The Labute approximate surface area is 427 Å². The van der Waals surface area contributed by atoms with Crippen molar-refractivity contribution < 1.29 is 55.0 Å². The maximum atomic E-state index is 14.5. The number of halogens is 6. The number of benzene rings is 4. The number of urea groups is 2. The summed E-state index contributed by atoms with van der Waals surface area (Å²) in [5, 5.41) is 18.9. The maximum Gasteiger partial charge on any atom is 0.416 e. The number of allylic oxidation sites excluding steroid dienone is 2. The Morgan fingerprint density at radius 3 is 1.15 bits per heavy atom. The van der Waals surface area contributed by atoms with Crippen LogP contribution < -0.4 is 9.80 Å². The lowest BCUT2D eigenvalue weighted by Gasteiger charge is -2.43. The molecule has 18 heteroatoms. The molecule has 0 aromatic heterocycles. The molecule has 0 saturated carbocycles. The second kappa shape index (κ2) is 24.9. The van der Waals surface area contributed by atoms with Gasteiger partial charge in [-0.15, -0.1) is 0 Å². The highest BCUT2D eigenvalue weighted by Gasteiger charge is 2.45. The summed E-state index contributed by atoms with van der Waals surface area (Å²) in [5.74, 6) is -1.45. The van der Waals surface area contributed by atoms with Crippen molar-refractivity contribution in [2.75, 3.05) is 36.1 Å². The van der Waals surface area contributed by atoms with Gasteiger partial charge in [-0.1, -0.05) is 87.8 Å². The highest BCUT2D eigenvalue weighted by molar-refractivity contribution is 6.04. The quantitative estimate of drug-likeness (QED) is 0.0455. The van der Waals surface area contributed by atoms with Gasteiger partial charge in [0, 0.05) is 24.5 Å². The van der Waals surface area contributed by atoms with E-state index in [-0.39, 0.29) is 60.2 Å². The van der Waals surface area contributed by atoms with Crippen molar-refractivity contribution in [1.82, 2.24) is 9.80 Å². The van der Waals surface area contributed by atoms with Crippen molar-refractivity contribution >= 4 is 35.4 Å². The lowest BCUT2D eigenvalue weighted by Crippen LogP contribution is -2.51. The fraction of sp³-hybridized carbons (Fsp3) is 0.393. The zero-order valence-electron chi connectivity index (χ0n) is 41.7. The van der Waals surface area contributed by atoms with E-state index in [1.54, 1.807) is 62.4 Å². The van der Waals surface area contributed by atoms with Gasteiger partial charge in [-0.05, 0) is 112 Å². The van der Waals surface area contributed by atoms with E-state index in [1.165, 1.54) is 47.9 Å². The minimum absolute atomic E-state index is 0.0130. The van der Waals surface area contributed by atoms with Gasteiger partial charge in [-0.25, -0.2) is 19.2 Å². The molecule has 2 unspecified atom stereocenters. The molecule has 12 nitrogen and oxygen atoms in total. The normalized spacial score (nSPS) is 16.4. The molecule has 0 saturated heterocycles. The molecular formula is C56H58F6N6O6. The first-order chi connectivity index (χ1) is 35.4. The van der Waals surface area contributed by atoms with Gasteiger partial charge in [0.15, 0.2) is 0 Å². The Hall–Kier alpha value is -7.60. The van der Waals surface area contributed by atoms with Gasteiger partial charge in [-0.2, -0.15) is 36.9 Å². The van der Waals surface area contributed by atoms with Crippen molar-refractivity contribution in [2.24, 2.45) is 0 Å². The van der Waals surface area contributed by atoms with Crippen LogP contribution in [0.1, 0.15) is 137 Å². The SMILES string of the molecule is CCOC(=O)C1=C(C)N(c2cccc(C(F)(F)F)c2)C(=O)N(CCCCCCCCCCCCN2C(=O)N(c3cccc(C(F)(F)F)c3)C(C)=C(C(=O)OCC)C2c2ccc(C#N)cc2)C1c1ccc(C#N)cc1. The number of esters is 2. The average Bonchev–Trinajstić information content (AvgIpc) is 3.37. The molecule has 2 heterocycles. The molecule has 74 heavy (non-hydrogen) atoms. The molecule has 0 spiro atoms. The predicted molar refractivity (Wildman–Crippen MR) is 265 cm³/mol. The summed E-state index contributed by atoms with van der Waals surface area (Å²) in [4.78, 5) is 61.6. The van der Waals surface area contributed by atoms with Crippen molar-refractivity contribution in [2.45, 2.75) is 116 Å². The van der Waals surface area contributed by atoms with E-state index in [0.717, 1.165) is 72.6 Å². The van der Waals surface area contributed by atoms with Crippen molar-refractivity contribution in [3.63, 3.8) is 0 Å². The molecule has 0 fully saturated rings. The topological polar surface area (TPSA) is 147 Å². The molecule has 6 rings (SSSR count). The largest absolute Gasteiger partial charge is 0.463 e. The van der Waals surface area contributed by atoms with Crippen LogP contribution in [-0.2, 0) is 31.4 Å². The number of ether oxygens (including phenoxy) is 2. The zero-order valence-corrected chi connectivity index (χ0v) is 41.7. The summed E-state index contributed by atoms with van der Waals surface area (Å²) < 4.78 is 94.1. The van der Waals surface area contributed by atoms with Crippen LogP contribution in [0.3, 0.4) is 0 Å². The monoisotopic (exact) mass is 1020 g/mol. The van der Waals surface area contributed by atoms with Gasteiger partial charge in [0.25, 0.3) is 0 Å². The second-order valence-electron chi connectivity index (χ2n) is 18.0. The van der Waals surface area contributed by atoms with E-state index in [1.807, 2.05) is 0 Å². The Balaban J connectivity index is 1.08. The minimum Gasteiger partial charge on any atom is -0.463 e. The highest BCUT2D eigenvalue weighted by Crippen LogP contribution is 2.44. The average molecular weight is 1030 g/mol. The van der Waals surface area contributed by atoms with Crippen molar-refractivity contribution in [3.05, 3.63) is 153 Å². The van der Waals surface area contributed by atoms with Crippen LogP contribution >= 0.6 is 0 Å². The van der Waals surface area contributed by atoms with E-state index in [2.05, 4.69) is 12.1 Å². The van der Waals surface area contributed by atoms with Gasteiger partial charge in [0.05, 0.1) is 82.2 Å². The number of rotatable bonds is 21. The van der Waals surface area contributed by atoms with Gasteiger partial charge < -0.3 is 19.3 Å². The second-order valence-corrected chi connectivity index (χ2v) is 18.0. The number of alkyl halides is 6. The number of nitriles is 2. The molecule has 4 aromatic rings. The number of hydrogen-bond acceptors (Lipinski definition) is 8. The van der Waals surface area contributed by atoms with Crippen LogP contribution in [0, 0.1) is 22.7 Å². The van der Waals surface area contributed by atoms with E-state index in [4.69, 9.17) is 9.47 Å². The van der Waals surface area contributed by atoms with E-state index in [9.17, 15) is 56.0 Å². The molecule has 2 aliphatic heterocycles. The Kier molecular flexibility index (Phi) is 18.7. The minimum atomic E-state index is -4.68. The lowest BCUT2D eigenvalue weighted by atomic mass is 9.91. The number of amides is 4. The van der Waals surface area contributed by atoms with E-state index < -0.39 is 59.6 Å². The summed E-state index contributed by atoms with van der Waals surface area (Å²) in [6.45, 7) is 6.62. The molecule has 0 N–H and O–H groups in total. The number of unbranched alkanes of at least 4 members (excludes halogenated alkanes) is 9. The highest BCUT2D eigenvalue weighted by atomic mass is 19.4. The third-order valence-corrected chi connectivity index (χ3v) is 13.1. The molecule has 390 valence electrons. The van der Waals surface area contributed by atoms with Crippen LogP contribution in [0.2, 0.25) is 0 Å². The first kappa shape index (κ1) is 55.7. The molecule has 4 amide bonds. The summed E-state index contributed by atoms with van der Waals surface area (Å²) in [5.41, 5.74) is 0.185. The fourth-order valence-corrected chi connectivity index (χ4v) is 9.50. The number of hydrogen-bond donors (Lipinski definition) is 0. The summed E-state index contributed by atoms with van der Waals surface area (Å²) >= 11 is 0.